The molecule has 5 nitrogen and oxygen atoms in total. The number of nitrogens with zero attached hydrogens (tertiary/aromatic N) is 1. The molecule has 7 heteroatoms. The molecule has 3 rings (SSSR count). The quantitative estimate of drug-likeness (QED) is 0.458. The van der Waals surface area contributed by atoms with Crippen LogP contribution < -0.4 is 10.6 Å². The molecule has 0 saturated carbocycles. The fraction of sp³-hybridized carbons (Fsp3) is 0.500. The zero-order valence-electron chi connectivity index (χ0n) is 14.4. The predicted molar refractivity (Wildman–Crippen MR) is 108 cm³/mol. The van der Waals surface area contributed by atoms with Crippen molar-refractivity contribution in [1.82, 2.24) is 10.6 Å². The lowest BCUT2D eigenvalue weighted by atomic mass is 10.1. The summed E-state index contributed by atoms with van der Waals surface area (Å²) in [7, 11) is 0. The van der Waals surface area contributed by atoms with Crippen LogP contribution in [0.2, 0.25) is 0 Å². The minimum Gasteiger partial charge on any atom is -0.387 e. The summed E-state index contributed by atoms with van der Waals surface area (Å²) in [6, 6.07) is 10.2. The van der Waals surface area contributed by atoms with Crippen LogP contribution in [0.4, 0.5) is 0 Å². The Hall–Kier alpha value is -1.28. The number of aliphatic imine (C=N–C) groups is 1. The first-order valence-electron chi connectivity index (χ1n) is 8.58. The van der Waals surface area contributed by atoms with Gasteiger partial charge in [0.15, 0.2) is 5.96 Å². The van der Waals surface area contributed by atoms with Gasteiger partial charge < -0.3 is 20.8 Å². The molecule has 0 amide bonds. The van der Waals surface area contributed by atoms with E-state index < -0.39 is 11.7 Å². The monoisotopic (exact) mass is 379 g/mol. The Labute approximate surface area is 156 Å². The number of aliphatic hydroxyl groups excluding tert-OH is 1. The molecule has 2 atom stereocenters. The zero-order valence-corrected chi connectivity index (χ0v) is 16.0. The Morgan fingerprint density at radius 1 is 1.36 bits per heavy atom. The molecule has 1 aliphatic rings. The second-order valence-electron chi connectivity index (χ2n) is 6.31. The molecule has 2 unspecified atom stereocenters. The van der Waals surface area contributed by atoms with Gasteiger partial charge in [0.05, 0.1) is 12.1 Å². The van der Waals surface area contributed by atoms with Gasteiger partial charge in [-0.2, -0.15) is 11.8 Å². The van der Waals surface area contributed by atoms with Gasteiger partial charge in [-0.3, -0.25) is 4.99 Å². The lowest BCUT2D eigenvalue weighted by Gasteiger charge is -2.20. The molecule has 4 N–H and O–H groups in total. The van der Waals surface area contributed by atoms with E-state index in [1.807, 2.05) is 25.1 Å². The van der Waals surface area contributed by atoms with E-state index in [0.29, 0.717) is 19.0 Å². The molecule has 2 heterocycles. The van der Waals surface area contributed by atoms with Crippen molar-refractivity contribution in [3.63, 3.8) is 0 Å². The highest BCUT2D eigenvalue weighted by atomic mass is 32.2. The lowest BCUT2D eigenvalue weighted by molar-refractivity contribution is 0.0778. The van der Waals surface area contributed by atoms with Crippen LogP contribution in [-0.2, 0) is 0 Å². The van der Waals surface area contributed by atoms with Gasteiger partial charge in [-0.05, 0) is 36.6 Å². The average Bonchev–Trinajstić information content (AvgIpc) is 3.23. The van der Waals surface area contributed by atoms with E-state index in [9.17, 15) is 10.2 Å². The Morgan fingerprint density at radius 3 is 2.92 bits per heavy atom. The maximum absolute atomic E-state index is 10.5. The molecule has 136 valence electrons. The van der Waals surface area contributed by atoms with E-state index in [0.717, 1.165) is 34.7 Å². The molecular weight excluding hydrogens is 354 g/mol. The summed E-state index contributed by atoms with van der Waals surface area (Å²) < 4.78 is 1.18. The molecule has 1 aliphatic heterocycles. The number of nitrogens with one attached hydrogen (secondary N) is 2. The molecule has 1 saturated heterocycles. The summed E-state index contributed by atoms with van der Waals surface area (Å²) in [5.41, 5.74) is -0.697. The summed E-state index contributed by atoms with van der Waals surface area (Å²) in [5.74, 6) is 2.36. The number of thioether (sulfide) groups is 1. The number of hydrogen-bond acceptors (Lipinski definition) is 5. The third-order valence-corrected chi connectivity index (χ3v) is 6.65. The van der Waals surface area contributed by atoms with Crippen LogP contribution in [0.5, 0.6) is 0 Å². The number of hydrogen-bond donors (Lipinski definition) is 4. The molecule has 25 heavy (non-hydrogen) atoms. The average molecular weight is 380 g/mol. The summed E-state index contributed by atoms with van der Waals surface area (Å²) in [5, 5.41) is 28.4. The highest BCUT2D eigenvalue weighted by molar-refractivity contribution is 7.99. The van der Waals surface area contributed by atoms with Crippen molar-refractivity contribution >= 4 is 39.1 Å². The standard InChI is InChI=1S/C18H25N3O2S2/c1-2-19-17(21-11-18(23)7-8-24-12-18)20-10-14(22)16-9-13-5-3-4-6-15(13)25-16/h3-6,9,14,22-23H,2,7-8,10-12H2,1H3,(H2,19,20,21). The van der Waals surface area contributed by atoms with Crippen molar-refractivity contribution in [2.24, 2.45) is 4.99 Å². The second-order valence-corrected chi connectivity index (χ2v) is 8.53. The van der Waals surface area contributed by atoms with Crippen molar-refractivity contribution in [3.05, 3.63) is 35.2 Å². The molecule has 1 aromatic heterocycles. The smallest absolute Gasteiger partial charge is 0.191 e. The van der Waals surface area contributed by atoms with Gasteiger partial charge in [-0.15, -0.1) is 11.3 Å². The number of fused-ring (bicyclic) bond motifs is 1. The van der Waals surface area contributed by atoms with Crippen LogP contribution in [-0.4, -0.2) is 52.9 Å². The van der Waals surface area contributed by atoms with Crippen molar-refractivity contribution < 1.29 is 10.2 Å². The SMILES string of the molecule is CCNC(=NCC1(O)CCSC1)NCC(O)c1cc2ccccc2s1. The summed E-state index contributed by atoms with van der Waals surface area (Å²) in [6.07, 6.45) is 0.191. The van der Waals surface area contributed by atoms with Gasteiger partial charge >= 0.3 is 0 Å². The van der Waals surface area contributed by atoms with Crippen molar-refractivity contribution in [1.29, 1.82) is 0 Å². The molecule has 1 fully saturated rings. The van der Waals surface area contributed by atoms with E-state index >= 15 is 0 Å². The number of rotatable bonds is 6. The Kier molecular flexibility index (Phi) is 6.22. The Bertz CT molecular complexity index is 693. The van der Waals surface area contributed by atoms with Gasteiger partial charge in [-0.25, -0.2) is 0 Å². The van der Waals surface area contributed by atoms with Crippen LogP contribution in [0.25, 0.3) is 10.1 Å². The van der Waals surface area contributed by atoms with E-state index in [4.69, 9.17) is 0 Å². The molecule has 0 bridgehead atoms. The number of aliphatic hydroxyl groups is 2. The van der Waals surface area contributed by atoms with E-state index in [2.05, 4.69) is 27.8 Å². The Morgan fingerprint density at radius 2 is 2.20 bits per heavy atom. The van der Waals surface area contributed by atoms with E-state index in [1.54, 1.807) is 23.1 Å². The van der Waals surface area contributed by atoms with Gasteiger partial charge in [0, 0.05) is 28.4 Å². The van der Waals surface area contributed by atoms with Crippen LogP contribution in [0.1, 0.15) is 24.3 Å². The van der Waals surface area contributed by atoms with Crippen LogP contribution in [0.3, 0.4) is 0 Å². The first-order valence-corrected chi connectivity index (χ1v) is 10.6. The maximum atomic E-state index is 10.5. The minimum atomic E-state index is -0.697. The van der Waals surface area contributed by atoms with Crippen molar-refractivity contribution in [2.45, 2.75) is 25.0 Å². The first kappa shape index (κ1) is 18.5. The highest BCUT2D eigenvalue weighted by Crippen LogP contribution is 2.29. The molecule has 0 spiro atoms. The van der Waals surface area contributed by atoms with Gasteiger partial charge in [-0.1, -0.05) is 18.2 Å². The van der Waals surface area contributed by atoms with E-state index in [1.165, 1.54) is 4.70 Å². The number of benzene rings is 1. The number of thiophene rings is 1. The molecule has 1 aromatic carbocycles. The molecular formula is C18H25N3O2S2. The second kappa shape index (κ2) is 8.40. The van der Waals surface area contributed by atoms with Crippen molar-refractivity contribution in [3.8, 4) is 0 Å². The largest absolute Gasteiger partial charge is 0.387 e. The lowest BCUT2D eigenvalue weighted by Crippen LogP contribution is -2.41. The summed E-state index contributed by atoms with van der Waals surface area (Å²) in [4.78, 5) is 5.44. The fourth-order valence-corrected chi connectivity index (χ4v) is 5.08. The molecule has 0 aliphatic carbocycles. The predicted octanol–water partition coefficient (Wildman–Crippen LogP) is 2.36. The van der Waals surface area contributed by atoms with Gasteiger partial charge in [0.2, 0.25) is 0 Å². The minimum absolute atomic E-state index is 0.381. The third kappa shape index (κ3) is 4.88. The topological polar surface area (TPSA) is 76.9 Å². The van der Waals surface area contributed by atoms with Gasteiger partial charge in [0.25, 0.3) is 0 Å². The van der Waals surface area contributed by atoms with Crippen molar-refractivity contribution in [2.75, 3.05) is 31.1 Å². The normalized spacial score (nSPS) is 22.3. The first-order chi connectivity index (χ1) is 12.1. The maximum Gasteiger partial charge on any atom is 0.191 e. The van der Waals surface area contributed by atoms with E-state index in [-0.39, 0.29) is 0 Å². The Balaban J connectivity index is 1.60. The molecule has 0 radical (unpaired) electrons. The summed E-state index contributed by atoms with van der Waals surface area (Å²) in [6.45, 7) is 3.50. The van der Waals surface area contributed by atoms with Gasteiger partial charge in [0.1, 0.15) is 6.10 Å². The summed E-state index contributed by atoms with van der Waals surface area (Å²) >= 11 is 3.38. The van der Waals surface area contributed by atoms with Crippen LogP contribution >= 0.6 is 23.1 Å². The fourth-order valence-electron chi connectivity index (χ4n) is 2.75. The molecule has 2 aromatic rings. The third-order valence-electron chi connectivity index (χ3n) is 4.19. The van der Waals surface area contributed by atoms with Crippen LogP contribution in [0, 0.1) is 0 Å². The zero-order chi connectivity index (χ0) is 17.7. The van der Waals surface area contributed by atoms with Crippen LogP contribution in [0.15, 0.2) is 35.3 Å². The number of guanidine groups is 1. The highest BCUT2D eigenvalue weighted by Gasteiger charge is 2.31.